The highest BCUT2D eigenvalue weighted by Gasteiger charge is 2.07. The van der Waals surface area contributed by atoms with Gasteiger partial charge in [0.2, 0.25) is 0 Å². The second-order valence-corrected chi connectivity index (χ2v) is 9.59. The summed E-state index contributed by atoms with van der Waals surface area (Å²) in [5.41, 5.74) is 2.10. The van der Waals surface area contributed by atoms with E-state index in [0.29, 0.717) is 37.9 Å². The lowest BCUT2D eigenvalue weighted by molar-refractivity contribution is 0.0387. The molecule has 0 aliphatic carbocycles. The lowest BCUT2D eigenvalue weighted by Crippen LogP contribution is -2.18. The first kappa shape index (κ1) is 24.8. The molecule has 6 heteroatoms. The molecular formula is C26H30O4S2. The average Bonchev–Trinajstić information content (AvgIpc) is 2.84. The van der Waals surface area contributed by atoms with Crippen LogP contribution in [0.4, 0.5) is 0 Å². The van der Waals surface area contributed by atoms with E-state index < -0.39 is 12.2 Å². The van der Waals surface area contributed by atoms with Crippen LogP contribution in [0.3, 0.4) is 0 Å². The minimum atomic E-state index is -0.501. The molecule has 2 N–H and O–H groups in total. The maximum atomic E-state index is 10.1. The number of hydrogen-bond donors (Lipinski definition) is 2. The van der Waals surface area contributed by atoms with Gasteiger partial charge in [0.05, 0.1) is 38.6 Å². The van der Waals surface area contributed by atoms with Gasteiger partial charge in [0.1, 0.15) is 0 Å². The molecule has 3 aromatic rings. The largest absolute Gasteiger partial charge is 0.390 e. The van der Waals surface area contributed by atoms with Crippen LogP contribution in [0.5, 0.6) is 0 Å². The molecule has 0 radical (unpaired) electrons. The molecule has 0 amide bonds. The number of benzene rings is 3. The van der Waals surface area contributed by atoms with Crippen molar-refractivity contribution in [3.05, 3.63) is 96.1 Å². The minimum Gasteiger partial charge on any atom is -0.390 e. The molecule has 0 aliphatic rings. The minimum absolute atomic E-state index is 0.309. The molecule has 170 valence electrons. The highest BCUT2D eigenvalue weighted by molar-refractivity contribution is 7.99. The molecule has 0 fully saturated rings. The summed E-state index contributed by atoms with van der Waals surface area (Å²) in [5, 5.41) is 20.2. The van der Waals surface area contributed by atoms with Crippen molar-refractivity contribution >= 4 is 23.5 Å². The Morgan fingerprint density at radius 2 is 0.938 bits per heavy atom. The molecule has 0 aliphatic heterocycles. The highest BCUT2D eigenvalue weighted by atomic mass is 32.2. The molecule has 3 rings (SSSR count). The van der Waals surface area contributed by atoms with Gasteiger partial charge in [-0.2, -0.15) is 0 Å². The van der Waals surface area contributed by atoms with Gasteiger partial charge >= 0.3 is 0 Å². The fourth-order valence-electron chi connectivity index (χ4n) is 2.87. The summed E-state index contributed by atoms with van der Waals surface area (Å²) in [6.07, 6.45) is -1.00. The molecule has 3 aromatic carbocycles. The van der Waals surface area contributed by atoms with Gasteiger partial charge in [-0.25, -0.2) is 0 Å². The molecule has 2 atom stereocenters. The third kappa shape index (κ3) is 9.77. The van der Waals surface area contributed by atoms with Crippen LogP contribution in [0, 0.1) is 0 Å². The summed E-state index contributed by atoms with van der Waals surface area (Å²) < 4.78 is 11.3. The van der Waals surface area contributed by atoms with Gasteiger partial charge in [-0.3, -0.25) is 0 Å². The van der Waals surface area contributed by atoms with Gasteiger partial charge in [0.25, 0.3) is 0 Å². The topological polar surface area (TPSA) is 58.9 Å². The number of rotatable bonds is 14. The summed E-state index contributed by atoms with van der Waals surface area (Å²) >= 11 is 3.25. The molecular weight excluding hydrogens is 440 g/mol. The van der Waals surface area contributed by atoms with Crippen LogP contribution in [-0.4, -0.2) is 47.1 Å². The number of aliphatic hydroxyl groups excluding tert-OH is 2. The van der Waals surface area contributed by atoms with Crippen molar-refractivity contribution in [3.8, 4) is 0 Å². The van der Waals surface area contributed by atoms with Gasteiger partial charge < -0.3 is 19.7 Å². The third-order valence-corrected chi connectivity index (χ3v) is 6.87. The van der Waals surface area contributed by atoms with Crippen molar-refractivity contribution in [2.75, 3.05) is 24.7 Å². The second-order valence-electron chi connectivity index (χ2n) is 7.40. The van der Waals surface area contributed by atoms with Gasteiger partial charge in [0.15, 0.2) is 0 Å². The Morgan fingerprint density at radius 3 is 1.31 bits per heavy atom. The Hall–Kier alpha value is -1.80. The van der Waals surface area contributed by atoms with Crippen molar-refractivity contribution in [3.63, 3.8) is 0 Å². The van der Waals surface area contributed by atoms with Crippen LogP contribution in [0.25, 0.3) is 0 Å². The highest BCUT2D eigenvalue weighted by Crippen LogP contribution is 2.19. The summed E-state index contributed by atoms with van der Waals surface area (Å²) in [5.74, 6) is 1.21. The molecule has 0 saturated heterocycles. The molecule has 32 heavy (non-hydrogen) atoms. The van der Waals surface area contributed by atoms with Crippen LogP contribution in [0.2, 0.25) is 0 Å². The van der Waals surface area contributed by atoms with Crippen molar-refractivity contribution in [2.24, 2.45) is 0 Å². The Kier molecular flexibility index (Phi) is 11.2. The van der Waals surface area contributed by atoms with E-state index in [4.69, 9.17) is 9.47 Å². The summed E-state index contributed by atoms with van der Waals surface area (Å²) in [6.45, 7) is 1.54. The fraction of sp³-hybridized carbons (Fsp3) is 0.308. The zero-order valence-corrected chi connectivity index (χ0v) is 19.6. The van der Waals surface area contributed by atoms with Gasteiger partial charge in [0, 0.05) is 21.3 Å². The first-order valence-electron chi connectivity index (χ1n) is 10.6. The SMILES string of the molecule is OC(COCc1ccc(COCC(O)CSc2ccccc2)cc1)CSc1ccccc1. The monoisotopic (exact) mass is 470 g/mol. The van der Waals surface area contributed by atoms with E-state index in [1.165, 1.54) is 0 Å². The Bertz CT molecular complexity index is 801. The van der Waals surface area contributed by atoms with E-state index in [1.54, 1.807) is 23.5 Å². The van der Waals surface area contributed by atoms with E-state index in [2.05, 4.69) is 0 Å². The van der Waals surface area contributed by atoms with Crippen molar-refractivity contribution in [1.29, 1.82) is 0 Å². The Labute approximate surface area is 199 Å². The van der Waals surface area contributed by atoms with E-state index in [0.717, 1.165) is 20.9 Å². The van der Waals surface area contributed by atoms with Crippen LogP contribution in [0.1, 0.15) is 11.1 Å². The van der Waals surface area contributed by atoms with Crippen LogP contribution >= 0.6 is 23.5 Å². The predicted octanol–water partition coefficient (Wildman–Crippen LogP) is 5.03. The van der Waals surface area contributed by atoms with E-state index in [1.807, 2.05) is 84.9 Å². The maximum Gasteiger partial charge on any atom is 0.0867 e. The van der Waals surface area contributed by atoms with Crippen LogP contribution < -0.4 is 0 Å². The summed E-state index contributed by atoms with van der Waals surface area (Å²) in [4.78, 5) is 2.29. The molecule has 0 heterocycles. The second kappa shape index (κ2) is 14.4. The number of ether oxygens (including phenoxy) is 2. The van der Waals surface area contributed by atoms with E-state index in [-0.39, 0.29) is 0 Å². The lowest BCUT2D eigenvalue weighted by Gasteiger charge is -2.12. The van der Waals surface area contributed by atoms with Crippen molar-refractivity contribution < 1.29 is 19.7 Å². The Morgan fingerprint density at radius 1 is 0.562 bits per heavy atom. The normalized spacial score (nSPS) is 13.1. The predicted molar refractivity (Wildman–Crippen MR) is 132 cm³/mol. The lowest BCUT2D eigenvalue weighted by atomic mass is 10.1. The zero-order valence-electron chi connectivity index (χ0n) is 18.0. The quantitative estimate of drug-likeness (QED) is 0.323. The molecule has 0 aromatic heterocycles. The van der Waals surface area contributed by atoms with Crippen molar-refractivity contribution in [2.45, 2.75) is 35.2 Å². The number of aliphatic hydroxyl groups is 2. The summed E-state index contributed by atoms with van der Waals surface area (Å²) in [6, 6.07) is 28.1. The van der Waals surface area contributed by atoms with Gasteiger partial charge in [-0.05, 0) is 35.4 Å². The fourth-order valence-corrected chi connectivity index (χ4v) is 4.53. The Balaban J connectivity index is 1.26. The molecule has 0 saturated carbocycles. The number of thioether (sulfide) groups is 2. The summed E-state index contributed by atoms with van der Waals surface area (Å²) in [7, 11) is 0. The van der Waals surface area contributed by atoms with Gasteiger partial charge in [-0.1, -0.05) is 60.7 Å². The molecule has 4 nitrogen and oxygen atoms in total. The zero-order chi connectivity index (χ0) is 22.4. The van der Waals surface area contributed by atoms with E-state index >= 15 is 0 Å². The molecule has 2 unspecified atom stereocenters. The maximum absolute atomic E-state index is 10.1. The third-order valence-electron chi connectivity index (χ3n) is 4.55. The van der Waals surface area contributed by atoms with Crippen LogP contribution in [0.15, 0.2) is 94.7 Å². The first-order valence-corrected chi connectivity index (χ1v) is 12.6. The first-order chi connectivity index (χ1) is 15.7. The smallest absolute Gasteiger partial charge is 0.0867 e. The number of hydrogen-bond acceptors (Lipinski definition) is 6. The van der Waals surface area contributed by atoms with Crippen LogP contribution in [-0.2, 0) is 22.7 Å². The molecule has 0 spiro atoms. The van der Waals surface area contributed by atoms with Crippen molar-refractivity contribution in [1.82, 2.24) is 0 Å². The van der Waals surface area contributed by atoms with E-state index in [9.17, 15) is 10.2 Å². The molecule has 0 bridgehead atoms. The standard InChI is InChI=1S/C26H30O4S2/c27-23(19-31-25-7-3-1-4-8-25)17-29-15-21-11-13-22(14-12-21)16-30-18-24(28)20-32-26-9-5-2-6-10-26/h1-14,23-24,27-28H,15-20H2. The average molecular weight is 471 g/mol. The van der Waals surface area contributed by atoms with Gasteiger partial charge in [-0.15, -0.1) is 23.5 Å².